The fourth-order valence-electron chi connectivity index (χ4n) is 1.04. The Morgan fingerprint density at radius 1 is 1.67 bits per heavy atom. The van der Waals surface area contributed by atoms with Crippen LogP contribution in [-0.4, -0.2) is 19.0 Å². The Labute approximate surface area is 98.6 Å². The van der Waals surface area contributed by atoms with E-state index in [9.17, 15) is 4.79 Å². The van der Waals surface area contributed by atoms with Gasteiger partial charge in [0.2, 0.25) is 5.91 Å². The van der Waals surface area contributed by atoms with Crippen LogP contribution in [0.4, 0.5) is 0 Å². The van der Waals surface area contributed by atoms with Crippen molar-refractivity contribution in [3.05, 3.63) is 21.3 Å². The van der Waals surface area contributed by atoms with Crippen molar-refractivity contribution in [3.63, 3.8) is 0 Å². The minimum Gasteiger partial charge on any atom is -0.355 e. The quantitative estimate of drug-likeness (QED) is 0.830. The van der Waals surface area contributed by atoms with Crippen LogP contribution in [0.1, 0.15) is 11.8 Å². The van der Waals surface area contributed by atoms with Crippen LogP contribution in [0.5, 0.6) is 0 Å². The molecule has 0 fully saturated rings. The molecule has 15 heavy (non-hydrogen) atoms. The Balaban J connectivity index is 2.30. The molecular formula is C10H15ClN2OS. The Kier molecular flexibility index (Phi) is 5.08. The molecule has 3 nitrogen and oxygen atoms in total. The van der Waals surface area contributed by atoms with E-state index in [1.165, 1.54) is 11.3 Å². The second kappa shape index (κ2) is 6.10. The third kappa shape index (κ3) is 4.64. The largest absolute Gasteiger partial charge is 0.355 e. The van der Waals surface area contributed by atoms with Gasteiger partial charge in [-0.2, -0.15) is 0 Å². The zero-order chi connectivity index (χ0) is 11.3. The summed E-state index contributed by atoms with van der Waals surface area (Å²) in [5, 5.41) is 2.84. The highest BCUT2D eigenvalue weighted by Crippen LogP contribution is 2.21. The van der Waals surface area contributed by atoms with E-state index >= 15 is 0 Å². The molecule has 1 aromatic heterocycles. The second-order valence-electron chi connectivity index (χ2n) is 3.53. The van der Waals surface area contributed by atoms with Crippen LogP contribution in [0.15, 0.2) is 12.1 Å². The number of halogens is 1. The molecule has 0 aliphatic heterocycles. The minimum absolute atomic E-state index is 0.0221. The van der Waals surface area contributed by atoms with Crippen molar-refractivity contribution in [3.8, 4) is 0 Å². The third-order valence-electron chi connectivity index (χ3n) is 2.01. The smallest absolute Gasteiger partial charge is 0.225 e. The molecule has 5 heteroatoms. The van der Waals surface area contributed by atoms with Gasteiger partial charge in [0.25, 0.3) is 0 Å². The number of carbonyl (C=O) groups excluding carboxylic acids is 1. The number of carbonyl (C=O) groups is 1. The number of nitrogens with one attached hydrogen (secondary N) is 1. The monoisotopic (exact) mass is 246 g/mol. The van der Waals surface area contributed by atoms with Crippen molar-refractivity contribution < 1.29 is 4.79 Å². The topological polar surface area (TPSA) is 55.1 Å². The SMILES string of the molecule is CC(CN)CNC(=O)Cc1ccc(Cl)s1. The first-order chi connectivity index (χ1) is 7.11. The molecule has 0 saturated carbocycles. The first kappa shape index (κ1) is 12.5. The lowest BCUT2D eigenvalue weighted by Crippen LogP contribution is -2.32. The maximum atomic E-state index is 11.5. The summed E-state index contributed by atoms with van der Waals surface area (Å²) in [6.45, 7) is 3.22. The lowest BCUT2D eigenvalue weighted by Gasteiger charge is -2.09. The normalized spacial score (nSPS) is 12.5. The summed E-state index contributed by atoms with van der Waals surface area (Å²) in [4.78, 5) is 12.4. The van der Waals surface area contributed by atoms with Gasteiger partial charge in [-0.05, 0) is 24.6 Å². The highest BCUT2D eigenvalue weighted by molar-refractivity contribution is 7.16. The van der Waals surface area contributed by atoms with Crippen LogP contribution in [0.3, 0.4) is 0 Å². The summed E-state index contributed by atoms with van der Waals surface area (Å²) in [5.74, 6) is 0.342. The number of hydrogen-bond acceptors (Lipinski definition) is 3. The highest BCUT2D eigenvalue weighted by atomic mass is 35.5. The van der Waals surface area contributed by atoms with Crippen LogP contribution in [0, 0.1) is 5.92 Å². The fraction of sp³-hybridized carbons (Fsp3) is 0.500. The molecule has 3 N–H and O–H groups in total. The van der Waals surface area contributed by atoms with Crippen LogP contribution in [0.25, 0.3) is 0 Å². The second-order valence-corrected chi connectivity index (χ2v) is 5.33. The summed E-state index contributed by atoms with van der Waals surface area (Å²) < 4.78 is 0.716. The average Bonchev–Trinajstić information content (AvgIpc) is 2.60. The number of thiophene rings is 1. The summed E-state index contributed by atoms with van der Waals surface area (Å²) in [5.41, 5.74) is 5.45. The van der Waals surface area contributed by atoms with Gasteiger partial charge in [-0.25, -0.2) is 0 Å². The van der Waals surface area contributed by atoms with E-state index in [1.807, 2.05) is 13.0 Å². The molecule has 1 atom stereocenters. The van der Waals surface area contributed by atoms with E-state index in [2.05, 4.69) is 5.32 Å². The molecule has 0 aliphatic rings. The molecular weight excluding hydrogens is 232 g/mol. The lowest BCUT2D eigenvalue weighted by molar-refractivity contribution is -0.120. The molecule has 1 heterocycles. The summed E-state index contributed by atoms with van der Waals surface area (Å²) in [6.07, 6.45) is 0.397. The van der Waals surface area contributed by atoms with Gasteiger partial charge in [0.15, 0.2) is 0 Å². The number of amides is 1. The Morgan fingerprint density at radius 3 is 2.93 bits per heavy atom. The van der Waals surface area contributed by atoms with E-state index in [-0.39, 0.29) is 5.91 Å². The van der Waals surface area contributed by atoms with Gasteiger partial charge in [0, 0.05) is 11.4 Å². The van der Waals surface area contributed by atoms with E-state index in [4.69, 9.17) is 17.3 Å². The minimum atomic E-state index is 0.0221. The number of hydrogen-bond donors (Lipinski definition) is 2. The van der Waals surface area contributed by atoms with Crippen molar-refractivity contribution in [2.75, 3.05) is 13.1 Å². The van der Waals surface area contributed by atoms with Crippen molar-refractivity contribution in [2.45, 2.75) is 13.3 Å². The van der Waals surface area contributed by atoms with E-state index in [0.717, 1.165) is 4.88 Å². The maximum absolute atomic E-state index is 11.5. The number of nitrogens with two attached hydrogens (primary N) is 1. The third-order valence-corrected chi connectivity index (χ3v) is 3.24. The van der Waals surface area contributed by atoms with Gasteiger partial charge < -0.3 is 11.1 Å². The van der Waals surface area contributed by atoms with Gasteiger partial charge in [0.1, 0.15) is 0 Å². The first-order valence-electron chi connectivity index (χ1n) is 4.82. The maximum Gasteiger partial charge on any atom is 0.225 e. The zero-order valence-corrected chi connectivity index (χ0v) is 10.2. The summed E-state index contributed by atoms with van der Waals surface area (Å²) in [6, 6.07) is 3.68. The predicted molar refractivity (Wildman–Crippen MR) is 64.3 cm³/mol. The Hall–Kier alpha value is -0.580. The van der Waals surface area contributed by atoms with Gasteiger partial charge in [-0.15, -0.1) is 11.3 Å². The molecule has 0 bridgehead atoms. The standard InChI is InChI=1S/C10H15ClN2OS/c1-7(5-12)6-13-10(14)4-8-2-3-9(11)15-8/h2-3,7H,4-6,12H2,1H3,(H,13,14). The fourth-order valence-corrected chi connectivity index (χ4v) is 2.13. The number of rotatable bonds is 5. The summed E-state index contributed by atoms with van der Waals surface area (Å²) in [7, 11) is 0. The zero-order valence-electron chi connectivity index (χ0n) is 8.63. The molecule has 1 unspecified atom stereocenters. The molecule has 84 valence electrons. The van der Waals surface area contributed by atoms with Gasteiger partial charge >= 0.3 is 0 Å². The van der Waals surface area contributed by atoms with Crippen LogP contribution in [-0.2, 0) is 11.2 Å². The van der Waals surface area contributed by atoms with Crippen molar-refractivity contribution in [1.29, 1.82) is 0 Å². The molecule has 0 radical (unpaired) electrons. The molecule has 0 aromatic carbocycles. The average molecular weight is 247 g/mol. The molecule has 0 aliphatic carbocycles. The molecule has 0 spiro atoms. The lowest BCUT2D eigenvalue weighted by atomic mass is 10.2. The van der Waals surface area contributed by atoms with Gasteiger partial charge in [0.05, 0.1) is 10.8 Å². The van der Waals surface area contributed by atoms with E-state index < -0.39 is 0 Å². The van der Waals surface area contributed by atoms with Crippen molar-refractivity contribution >= 4 is 28.8 Å². The first-order valence-corrected chi connectivity index (χ1v) is 6.02. The van der Waals surface area contributed by atoms with Crippen LogP contribution in [0.2, 0.25) is 4.34 Å². The van der Waals surface area contributed by atoms with E-state index in [0.29, 0.717) is 29.8 Å². The van der Waals surface area contributed by atoms with Crippen LogP contribution < -0.4 is 11.1 Å². The highest BCUT2D eigenvalue weighted by Gasteiger charge is 2.06. The summed E-state index contributed by atoms with van der Waals surface area (Å²) >= 11 is 7.20. The van der Waals surface area contributed by atoms with Crippen molar-refractivity contribution in [2.24, 2.45) is 11.7 Å². The molecule has 1 aromatic rings. The van der Waals surface area contributed by atoms with E-state index in [1.54, 1.807) is 6.07 Å². The Bertz CT molecular complexity index is 327. The van der Waals surface area contributed by atoms with Gasteiger partial charge in [-0.3, -0.25) is 4.79 Å². The molecule has 1 amide bonds. The van der Waals surface area contributed by atoms with Gasteiger partial charge in [-0.1, -0.05) is 18.5 Å². The molecule has 1 rings (SSSR count). The predicted octanol–water partition coefficient (Wildman–Crippen LogP) is 1.66. The van der Waals surface area contributed by atoms with Crippen LogP contribution >= 0.6 is 22.9 Å². The Morgan fingerprint density at radius 2 is 2.40 bits per heavy atom. The molecule has 0 saturated heterocycles. The van der Waals surface area contributed by atoms with Crippen molar-refractivity contribution in [1.82, 2.24) is 5.32 Å².